The van der Waals surface area contributed by atoms with Gasteiger partial charge in [-0.05, 0) is 20.3 Å². The first-order valence-electron chi connectivity index (χ1n) is 5.59. The van der Waals surface area contributed by atoms with E-state index in [9.17, 15) is 0 Å². The van der Waals surface area contributed by atoms with Crippen LogP contribution in [0.5, 0.6) is 0 Å². The molecule has 0 amide bonds. The quantitative estimate of drug-likeness (QED) is 0.619. The molecule has 0 saturated carbocycles. The average Bonchev–Trinajstić information content (AvgIpc) is 2.20. The predicted molar refractivity (Wildman–Crippen MR) is 63.1 cm³/mol. The van der Waals surface area contributed by atoms with Crippen molar-refractivity contribution in [1.29, 1.82) is 0 Å². The first-order valence-corrected chi connectivity index (χ1v) is 5.59. The summed E-state index contributed by atoms with van der Waals surface area (Å²) in [6, 6.07) is 0.693. The molecule has 0 aliphatic carbocycles. The molecule has 1 atom stereocenters. The van der Waals surface area contributed by atoms with Gasteiger partial charge in [-0.3, -0.25) is 4.90 Å². The third-order valence-electron chi connectivity index (χ3n) is 2.47. The molecule has 1 unspecified atom stereocenters. The van der Waals surface area contributed by atoms with Gasteiger partial charge >= 0.3 is 0 Å². The molecular weight excluding hydrogens is 192 g/mol. The van der Waals surface area contributed by atoms with Crippen molar-refractivity contribution in [2.45, 2.75) is 32.4 Å². The maximum absolute atomic E-state index is 6.01. The summed E-state index contributed by atoms with van der Waals surface area (Å²) in [4.78, 5) is 2.34. The van der Waals surface area contributed by atoms with Gasteiger partial charge in [-0.25, -0.2) is 0 Å². The van der Waals surface area contributed by atoms with Gasteiger partial charge in [0.15, 0.2) is 0 Å². The number of hydrogen-bond donors (Lipinski definition) is 1. The Morgan fingerprint density at radius 2 is 1.73 bits per heavy atom. The summed E-state index contributed by atoms with van der Waals surface area (Å²) < 4.78 is 10.1. The van der Waals surface area contributed by atoms with Crippen molar-refractivity contribution in [2.24, 2.45) is 5.73 Å². The van der Waals surface area contributed by atoms with Gasteiger partial charge < -0.3 is 15.2 Å². The van der Waals surface area contributed by atoms with E-state index in [2.05, 4.69) is 18.7 Å². The van der Waals surface area contributed by atoms with Crippen molar-refractivity contribution in [3.8, 4) is 0 Å². The second-order valence-corrected chi connectivity index (χ2v) is 4.12. The van der Waals surface area contributed by atoms with E-state index in [0.717, 1.165) is 32.7 Å². The van der Waals surface area contributed by atoms with Crippen LogP contribution < -0.4 is 5.73 Å². The van der Waals surface area contributed by atoms with Gasteiger partial charge in [0.1, 0.15) is 0 Å². The number of hydrogen-bond acceptors (Lipinski definition) is 4. The highest BCUT2D eigenvalue weighted by molar-refractivity contribution is 4.71. The first-order chi connectivity index (χ1) is 7.11. The Bertz CT molecular complexity index is 143. The lowest BCUT2D eigenvalue weighted by Gasteiger charge is -2.28. The molecule has 0 fully saturated rings. The summed E-state index contributed by atoms with van der Waals surface area (Å²) in [7, 11) is 3.43. The highest BCUT2D eigenvalue weighted by Gasteiger charge is 2.13. The van der Waals surface area contributed by atoms with Gasteiger partial charge in [0, 0.05) is 46.0 Å². The number of rotatable bonds is 9. The molecule has 0 saturated heterocycles. The Labute approximate surface area is 93.7 Å². The summed E-state index contributed by atoms with van der Waals surface area (Å²) in [5.41, 5.74) is 6.01. The fraction of sp³-hybridized carbons (Fsp3) is 1.00. The summed E-state index contributed by atoms with van der Waals surface area (Å²) in [6.07, 6.45) is 0.909. The second-order valence-electron chi connectivity index (χ2n) is 4.12. The van der Waals surface area contributed by atoms with Gasteiger partial charge in [0.05, 0.1) is 6.61 Å². The lowest BCUT2D eigenvalue weighted by molar-refractivity contribution is 0.118. The van der Waals surface area contributed by atoms with Crippen LogP contribution in [0.3, 0.4) is 0 Å². The monoisotopic (exact) mass is 218 g/mol. The van der Waals surface area contributed by atoms with Gasteiger partial charge in [-0.2, -0.15) is 0 Å². The van der Waals surface area contributed by atoms with E-state index in [4.69, 9.17) is 15.2 Å². The fourth-order valence-corrected chi connectivity index (χ4v) is 1.43. The van der Waals surface area contributed by atoms with Gasteiger partial charge in [-0.15, -0.1) is 0 Å². The molecule has 0 aromatic carbocycles. The smallest absolute Gasteiger partial charge is 0.0589 e. The molecule has 0 heterocycles. The van der Waals surface area contributed by atoms with E-state index in [1.54, 1.807) is 14.2 Å². The molecule has 0 aliphatic rings. The molecule has 0 aromatic rings. The number of nitrogens with zero attached hydrogens (tertiary/aromatic N) is 1. The Morgan fingerprint density at radius 1 is 1.13 bits per heavy atom. The first kappa shape index (κ1) is 14.8. The zero-order chi connectivity index (χ0) is 11.7. The minimum atomic E-state index is 0.184. The highest BCUT2D eigenvalue weighted by atomic mass is 16.5. The van der Waals surface area contributed by atoms with Crippen LogP contribution >= 0.6 is 0 Å². The topological polar surface area (TPSA) is 47.7 Å². The zero-order valence-corrected chi connectivity index (χ0v) is 10.5. The molecule has 0 radical (unpaired) electrons. The van der Waals surface area contributed by atoms with Crippen molar-refractivity contribution >= 4 is 0 Å². The van der Waals surface area contributed by atoms with Crippen molar-refractivity contribution in [1.82, 2.24) is 4.90 Å². The fourth-order valence-electron chi connectivity index (χ4n) is 1.43. The van der Waals surface area contributed by atoms with Gasteiger partial charge in [0.25, 0.3) is 0 Å². The zero-order valence-electron chi connectivity index (χ0n) is 10.5. The van der Waals surface area contributed by atoms with Crippen molar-refractivity contribution in [3.05, 3.63) is 0 Å². The molecule has 0 rings (SSSR count). The van der Waals surface area contributed by atoms with E-state index in [1.165, 1.54) is 0 Å². The van der Waals surface area contributed by atoms with Crippen LogP contribution in [0.2, 0.25) is 0 Å². The normalized spacial score (nSPS) is 13.8. The summed E-state index contributed by atoms with van der Waals surface area (Å²) >= 11 is 0. The van der Waals surface area contributed by atoms with Crippen LogP contribution in [0.15, 0.2) is 0 Å². The molecule has 0 aromatic heterocycles. The number of methoxy groups -OCH3 is 2. The van der Waals surface area contributed by atoms with Crippen LogP contribution in [-0.2, 0) is 9.47 Å². The minimum absolute atomic E-state index is 0.184. The lowest BCUT2D eigenvalue weighted by Crippen LogP contribution is -2.43. The Balaban J connectivity index is 3.81. The molecule has 0 bridgehead atoms. The number of nitrogens with two attached hydrogens (primary N) is 1. The van der Waals surface area contributed by atoms with Crippen LogP contribution in [0.1, 0.15) is 20.3 Å². The molecule has 2 N–H and O–H groups in total. The Kier molecular flexibility index (Phi) is 9.00. The summed E-state index contributed by atoms with van der Waals surface area (Å²) in [6.45, 7) is 7.70. The van der Waals surface area contributed by atoms with E-state index in [0.29, 0.717) is 6.04 Å². The Hall–Kier alpha value is -0.160. The van der Waals surface area contributed by atoms with E-state index < -0.39 is 0 Å². The maximum atomic E-state index is 6.01. The highest BCUT2D eigenvalue weighted by Crippen LogP contribution is 2.01. The average molecular weight is 218 g/mol. The number of ether oxygens (including phenoxy) is 2. The molecule has 0 spiro atoms. The van der Waals surface area contributed by atoms with Gasteiger partial charge in [0.2, 0.25) is 0 Å². The lowest BCUT2D eigenvalue weighted by atomic mass is 10.2. The second kappa shape index (κ2) is 9.09. The van der Waals surface area contributed by atoms with Crippen LogP contribution in [0, 0.1) is 0 Å². The molecule has 4 heteroatoms. The van der Waals surface area contributed by atoms with Crippen LogP contribution in [0.4, 0.5) is 0 Å². The predicted octanol–water partition coefficient (Wildman–Crippen LogP) is 0.707. The largest absolute Gasteiger partial charge is 0.385 e. The Morgan fingerprint density at radius 3 is 2.20 bits per heavy atom. The third-order valence-corrected chi connectivity index (χ3v) is 2.47. The van der Waals surface area contributed by atoms with E-state index in [-0.39, 0.29) is 6.04 Å². The van der Waals surface area contributed by atoms with Crippen LogP contribution in [-0.4, -0.2) is 57.5 Å². The minimum Gasteiger partial charge on any atom is -0.385 e. The molecule has 92 valence electrons. The van der Waals surface area contributed by atoms with Crippen molar-refractivity contribution in [3.63, 3.8) is 0 Å². The van der Waals surface area contributed by atoms with E-state index >= 15 is 0 Å². The molecule has 4 nitrogen and oxygen atoms in total. The molecule has 0 aliphatic heterocycles. The van der Waals surface area contributed by atoms with E-state index in [1.807, 2.05) is 0 Å². The molecular formula is C11H26N2O2. The standard InChI is InChI=1S/C11H26N2O2/c1-10(2)13(6-8-15-4)9-11(12)5-7-14-3/h10-11H,5-9,12H2,1-4H3. The molecule has 15 heavy (non-hydrogen) atoms. The summed E-state index contributed by atoms with van der Waals surface area (Å²) in [5, 5.41) is 0. The van der Waals surface area contributed by atoms with Gasteiger partial charge in [-0.1, -0.05) is 0 Å². The maximum Gasteiger partial charge on any atom is 0.0589 e. The van der Waals surface area contributed by atoms with Crippen LogP contribution in [0.25, 0.3) is 0 Å². The SMILES string of the molecule is COCCC(N)CN(CCOC)C(C)C. The third kappa shape index (κ3) is 7.73. The summed E-state index contributed by atoms with van der Waals surface area (Å²) in [5.74, 6) is 0. The van der Waals surface area contributed by atoms with Crippen molar-refractivity contribution in [2.75, 3.05) is 40.5 Å². The van der Waals surface area contributed by atoms with Crippen molar-refractivity contribution < 1.29 is 9.47 Å².